The van der Waals surface area contributed by atoms with Crippen molar-refractivity contribution in [2.24, 2.45) is 17.8 Å². The van der Waals surface area contributed by atoms with E-state index in [4.69, 9.17) is 14.6 Å². The molecule has 23 heavy (non-hydrogen) atoms. The lowest BCUT2D eigenvalue weighted by atomic mass is 9.68. The van der Waals surface area contributed by atoms with Crippen molar-refractivity contribution in [2.45, 2.75) is 45.1 Å². The minimum atomic E-state index is -0.776. The molecule has 7 heteroatoms. The SMILES string of the molecule is CCOC(=O)C1CC2CC(CC(=O)O)CCC2CN1C(=O)OC. The molecule has 4 atom stereocenters. The van der Waals surface area contributed by atoms with Crippen LogP contribution >= 0.6 is 0 Å². The van der Waals surface area contributed by atoms with Gasteiger partial charge in [-0.15, -0.1) is 0 Å². The third kappa shape index (κ3) is 4.14. The zero-order valence-corrected chi connectivity index (χ0v) is 13.7. The van der Waals surface area contributed by atoms with Crippen LogP contribution in [0.5, 0.6) is 0 Å². The molecule has 0 aromatic carbocycles. The maximum atomic E-state index is 12.2. The highest BCUT2D eigenvalue weighted by molar-refractivity contribution is 5.81. The Kier molecular flexibility index (Phi) is 5.85. The van der Waals surface area contributed by atoms with E-state index in [-0.39, 0.29) is 24.9 Å². The van der Waals surface area contributed by atoms with Gasteiger partial charge in [-0.05, 0) is 50.4 Å². The third-order valence-corrected chi connectivity index (χ3v) is 5.01. The van der Waals surface area contributed by atoms with Gasteiger partial charge in [0, 0.05) is 13.0 Å². The molecule has 1 aliphatic heterocycles. The monoisotopic (exact) mass is 327 g/mol. The number of piperidine rings is 1. The van der Waals surface area contributed by atoms with Gasteiger partial charge < -0.3 is 14.6 Å². The van der Waals surface area contributed by atoms with E-state index in [0.717, 1.165) is 19.3 Å². The lowest BCUT2D eigenvalue weighted by Gasteiger charge is -2.45. The van der Waals surface area contributed by atoms with Gasteiger partial charge in [0.05, 0.1) is 13.7 Å². The number of carboxylic acids is 1. The lowest BCUT2D eigenvalue weighted by molar-refractivity contribution is -0.153. The first-order valence-corrected chi connectivity index (χ1v) is 8.19. The standard InChI is InChI=1S/C16H25NO6/c1-3-23-15(20)13-8-12-6-10(7-14(18)19)4-5-11(12)9-17(13)16(21)22-2/h10-13H,3-9H2,1-2H3,(H,18,19). The van der Waals surface area contributed by atoms with Crippen LogP contribution in [0.1, 0.15) is 39.0 Å². The second-order valence-corrected chi connectivity index (χ2v) is 6.42. The number of ether oxygens (including phenoxy) is 2. The van der Waals surface area contributed by atoms with Crippen LogP contribution in [0.25, 0.3) is 0 Å². The van der Waals surface area contributed by atoms with E-state index in [1.807, 2.05) is 0 Å². The van der Waals surface area contributed by atoms with Gasteiger partial charge in [0.2, 0.25) is 0 Å². The summed E-state index contributed by atoms with van der Waals surface area (Å²) in [7, 11) is 1.31. The Morgan fingerprint density at radius 2 is 1.91 bits per heavy atom. The van der Waals surface area contributed by atoms with Crippen molar-refractivity contribution in [3.63, 3.8) is 0 Å². The molecule has 0 spiro atoms. The molecule has 0 bridgehead atoms. The largest absolute Gasteiger partial charge is 0.481 e. The van der Waals surface area contributed by atoms with Gasteiger partial charge in [-0.2, -0.15) is 0 Å². The molecule has 2 rings (SSSR count). The van der Waals surface area contributed by atoms with E-state index in [9.17, 15) is 14.4 Å². The molecule has 0 radical (unpaired) electrons. The molecule has 1 aliphatic carbocycles. The number of carboxylic acid groups (broad SMARTS) is 1. The highest BCUT2D eigenvalue weighted by atomic mass is 16.6. The van der Waals surface area contributed by atoms with E-state index in [1.54, 1.807) is 6.92 Å². The zero-order chi connectivity index (χ0) is 17.0. The normalized spacial score (nSPS) is 30.3. The van der Waals surface area contributed by atoms with Gasteiger partial charge in [0.15, 0.2) is 0 Å². The second-order valence-electron chi connectivity index (χ2n) is 6.42. The van der Waals surface area contributed by atoms with Crippen molar-refractivity contribution >= 4 is 18.0 Å². The average Bonchev–Trinajstić information content (AvgIpc) is 2.52. The molecule has 0 aromatic heterocycles. The average molecular weight is 327 g/mol. The molecular formula is C16H25NO6. The minimum Gasteiger partial charge on any atom is -0.481 e. The molecule has 7 nitrogen and oxygen atoms in total. The Bertz CT molecular complexity index is 465. The molecule has 1 saturated carbocycles. The van der Waals surface area contributed by atoms with E-state index >= 15 is 0 Å². The maximum Gasteiger partial charge on any atom is 0.410 e. The molecule has 0 aromatic rings. The molecule has 2 aliphatic rings. The van der Waals surface area contributed by atoms with Crippen LogP contribution in [0.4, 0.5) is 4.79 Å². The van der Waals surface area contributed by atoms with Crippen LogP contribution in [-0.4, -0.2) is 54.3 Å². The summed E-state index contributed by atoms with van der Waals surface area (Å²) < 4.78 is 9.90. The number of methoxy groups -OCH3 is 1. The fourth-order valence-corrected chi connectivity index (χ4v) is 3.96. The molecule has 4 unspecified atom stereocenters. The van der Waals surface area contributed by atoms with Crippen LogP contribution in [0.15, 0.2) is 0 Å². The van der Waals surface area contributed by atoms with Crippen molar-refractivity contribution in [1.82, 2.24) is 4.90 Å². The van der Waals surface area contributed by atoms with Gasteiger partial charge in [0.25, 0.3) is 0 Å². The Morgan fingerprint density at radius 3 is 2.52 bits per heavy atom. The van der Waals surface area contributed by atoms with E-state index in [1.165, 1.54) is 12.0 Å². The summed E-state index contributed by atoms with van der Waals surface area (Å²) in [5.41, 5.74) is 0. The van der Waals surface area contributed by atoms with Crippen molar-refractivity contribution in [3.8, 4) is 0 Å². The van der Waals surface area contributed by atoms with Gasteiger partial charge >= 0.3 is 18.0 Å². The Labute approximate surface area is 135 Å². The van der Waals surface area contributed by atoms with Crippen LogP contribution in [0, 0.1) is 17.8 Å². The molecular weight excluding hydrogens is 302 g/mol. The van der Waals surface area contributed by atoms with Crippen molar-refractivity contribution in [1.29, 1.82) is 0 Å². The van der Waals surface area contributed by atoms with Gasteiger partial charge in [0.1, 0.15) is 6.04 Å². The topological polar surface area (TPSA) is 93.1 Å². The lowest BCUT2D eigenvalue weighted by Crippen LogP contribution is -2.55. The predicted molar refractivity (Wildman–Crippen MR) is 80.7 cm³/mol. The first-order chi connectivity index (χ1) is 11.0. The van der Waals surface area contributed by atoms with Gasteiger partial charge in [-0.3, -0.25) is 9.69 Å². The van der Waals surface area contributed by atoms with E-state index in [0.29, 0.717) is 18.9 Å². The Morgan fingerprint density at radius 1 is 1.17 bits per heavy atom. The molecule has 130 valence electrons. The summed E-state index contributed by atoms with van der Waals surface area (Å²) in [5.74, 6) is -0.478. The quantitative estimate of drug-likeness (QED) is 0.793. The first-order valence-electron chi connectivity index (χ1n) is 8.19. The highest BCUT2D eigenvalue weighted by Gasteiger charge is 2.44. The minimum absolute atomic E-state index is 0.154. The number of aliphatic carboxylic acids is 1. The summed E-state index contributed by atoms with van der Waals surface area (Å²) in [6.07, 6.45) is 2.72. The van der Waals surface area contributed by atoms with Crippen LogP contribution in [-0.2, 0) is 19.1 Å². The Hall–Kier alpha value is -1.79. The third-order valence-electron chi connectivity index (χ3n) is 5.01. The number of amides is 1. The van der Waals surface area contributed by atoms with E-state index < -0.39 is 24.1 Å². The number of hydrogen-bond donors (Lipinski definition) is 1. The summed E-state index contributed by atoms with van der Waals surface area (Å²) in [6.45, 7) is 2.47. The number of carbonyl (C=O) groups excluding carboxylic acids is 2. The van der Waals surface area contributed by atoms with Gasteiger partial charge in [-0.25, -0.2) is 9.59 Å². The van der Waals surface area contributed by atoms with Crippen LogP contribution < -0.4 is 0 Å². The van der Waals surface area contributed by atoms with Crippen molar-refractivity contribution in [2.75, 3.05) is 20.3 Å². The smallest absolute Gasteiger partial charge is 0.410 e. The number of nitrogens with zero attached hydrogens (tertiary/aromatic N) is 1. The fourth-order valence-electron chi connectivity index (χ4n) is 3.96. The number of carbonyl (C=O) groups is 3. The predicted octanol–water partition coefficient (Wildman–Crippen LogP) is 1.90. The molecule has 2 fully saturated rings. The summed E-state index contributed by atoms with van der Waals surface area (Å²) >= 11 is 0. The Balaban J connectivity index is 2.09. The molecule has 1 amide bonds. The number of likely N-dealkylation sites (tertiary alicyclic amines) is 1. The summed E-state index contributed by atoms with van der Waals surface area (Å²) in [6, 6.07) is -0.632. The number of hydrogen-bond acceptors (Lipinski definition) is 5. The summed E-state index contributed by atoms with van der Waals surface area (Å²) in [4.78, 5) is 36.6. The number of rotatable bonds is 4. The number of fused-ring (bicyclic) bond motifs is 1. The molecule has 1 saturated heterocycles. The number of esters is 1. The molecule has 1 N–H and O–H groups in total. The fraction of sp³-hybridized carbons (Fsp3) is 0.812. The molecule has 1 heterocycles. The van der Waals surface area contributed by atoms with Gasteiger partial charge in [-0.1, -0.05) is 0 Å². The zero-order valence-electron chi connectivity index (χ0n) is 13.7. The van der Waals surface area contributed by atoms with Crippen molar-refractivity contribution < 1.29 is 29.0 Å². The van der Waals surface area contributed by atoms with E-state index in [2.05, 4.69) is 0 Å². The van der Waals surface area contributed by atoms with Crippen LogP contribution in [0.3, 0.4) is 0 Å². The first kappa shape index (κ1) is 17.6. The highest BCUT2D eigenvalue weighted by Crippen LogP contribution is 2.42. The maximum absolute atomic E-state index is 12.2. The van der Waals surface area contributed by atoms with Crippen LogP contribution in [0.2, 0.25) is 0 Å². The van der Waals surface area contributed by atoms with Crippen molar-refractivity contribution in [3.05, 3.63) is 0 Å². The summed E-state index contributed by atoms with van der Waals surface area (Å²) in [5, 5.41) is 8.98. The second kappa shape index (κ2) is 7.66.